The molecule has 2 aromatic heterocycles. The second kappa shape index (κ2) is 9.07. The van der Waals surface area contributed by atoms with Crippen LogP contribution >= 0.6 is 0 Å². The molecule has 2 aromatic rings. The molecule has 9 heteroatoms. The smallest absolute Gasteiger partial charge is 0.157 e. The number of fused-ring (bicyclic) bond motifs is 1. The molecular formula is C20H26N4O5. The first kappa shape index (κ1) is 20.1. The van der Waals surface area contributed by atoms with Crippen molar-refractivity contribution >= 4 is 16.9 Å². The molecule has 0 bridgehead atoms. The molecule has 4 heterocycles. The van der Waals surface area contributed by atoms with E-state index in [-0.39, 0.29) is 12.9 Å². The van der Waals surface area contributed by atoms with Crippen LogP contribution in [0.4, 0.5) is 5.82 Å². The summed E-state index contributed by atoms with van der Waals surface area (Å²) in [6, 6.07) is 0. The van der Waals surface area contributed by atoms with E-state index in [2.05, 4.69) is 21.8 Å². The van der Waals surface area contributed by atoms with Gasteiger partial charge in [0.25, 0.3) is 0 Å². The van der Waals surface area contributed by atoms with Crippen molar-refractivity contribution in [3.63, 3.8) is 0 Å². The van der Waals surface area contributed by atoms with Gasteiger partial charge in [0.15, 0.2) is 6.29 Å². The van der Waals surface area contributed by atoms with E-state index in [1.807, 2.05) is 6.20 Å². The van der Waals surface area contributed by atoms with Crippen molar-refractivity contribution in [3.8, 4) is 11.8 Å². The van der Waals surface area contributed by atoms with Gasteiger partial charge in [-0.25, -0.2) is 9.97 Å². The Labute approximate surface area is 168 Å². The summed E-state index contributed by atoms with van der Waals surface area (Å²) in [4.78, 5) is 8.40. The molecule has 4 N–H and O–H groups in total. The van der Waals surface area contributed by atoms with Crippen molar-refractivity contribution in [1.29, 1.82) is 0 Å². The molecule has 2 saturated heterocycles. The molecule has 29 heavy (non-hydrogen) atoms. The third-order valence-corrected chi connectivity index (χ3v) is 5.22. The van der Waals surface area contributed by atoms with Gasteiger partial charge in [-0.2, -0.15) is 0 Å². The van der Waals surface area contributed by atoms with E-state index in [9.17, 15) is 10.2 Å². The van der Waals surface area contributed by atoms with Crippen LogP contribution in [-0.2, 0) is 14.2 Å². The first-order valence-electron chi connectivity index (χ1n) is 9.95. The molecule has 0 saturated carbocycles. The number of nitrogen functional groups attached to an aromatic ring is 1. The Kier molecular flexibility index (Phi) is 6.28. The summed E-state index contributed by atoms with van der Waals surface area (Å²) >= 11 is 0. The highest BCUT2D eigenvalue weighted by atomic mass is 16.7. The number of hydrogen-bond donors (Lipinski definition) is 3. The lowest BCUT2D eigenvalue weighted by Crippen LogP contribution is -2.24. The number of aromatic nitrogens is 3. The van der Waals surface area contributed by atoms with Crippen molar-refractivity contribution < 1.29 is 24.4 Å². The summed E-state index contributed by atoms with van der Waals surface area (Å²) in [5.74, 6) is 6.57. The molecule has 2 aliphatic heterocycles. The summed E-state index contributed by atoms with van der Waals surface area (Å²) in [5.41, 5.74) is 7.35. The van der Waals surface area contributed by atoms with E-state index in [4.69, 9.17) is 19.9 Å². The SMILES string of the molecule is Nc1ncnc2c1c(C#CCCOC1CCCCO1)cn2[C@H]1C[C@H](O)[C@@H](CO)O1. The Balaban J connectivity index is 1.50. The first-order chi connectivity index (χ1) is 14.2. The Bertz CT molecular complexity index is 899. The van der Waals surface area contributed by atoms with Crippen LogP contribution in [0.15, 0.2) is 12.5 Å². The van der Waals surface area contributed by atoms with Crippen LogP contribution in [0.3, 0.4) is 0 Å². The highest BCUT2D eigenvalue weighted by Crippen LogP contribution is 2.33. The number of aliphatic hydroxyl groups is 2. The molecule has 0 aliphatic carbocycles. The monoisotopic (exact) mass is 402 g/mol. The zero-order valence-corrected chi connectivity index (χ0v) is 16.2. The Morgan fingerprint density at radius 1 is 1.34 bits per heavy atom. The summed E-state index contributed by atoms with van der Waals surface area (Å²) in [5, 5.41) is 20.1. The summed E-state index contributed by atoms with van der Waals surface area (Å²) < 4.78 is 18.8. The number of hydrogen-bond acceptors (Lipinski definition) is 8. The molecule has 2 aliphatic rings. The van der Waals surface area contributed by atoms with Gasteiger partial charge in [-0.15, -0.1) is 0 Å². The van der Waals surface area contributed by atoms with Crippen LogP contribution in [0.2, 0.25) is 0 Å². The normalized spacial score (nSPS) is 27.1. The van der Waals surface area contributed by atoms with Gasteiger partial charge in [-0.3, -0.25) is 0 Å². The number of nitrogens with zero attached hydrogens (tertiary/aromatic N) is 3. The average molecular weight is 402 g/mol. The maximum absolute atomic E-state index is 10.1. The Hall–Kier alpha value is -2.22. The van der Waals surface area contributed by atoms with Gasteiger partial charge in [0.1, 0.15) is 30.1 Å². The van der Waals surface area contributed by atoms with E-state index in [0.29, 0.717) is 41.9 Å². The van der Waals surface area contributed by atoms with Crippen molar-refractivity contribution in [3.05, 3.63) is 18.1 Å². The van der Waals surface area contributed by atoms with Crippen molar-refractivity contribution in [1.82, 2.24) is 14.5 Å². The summed E-state index contributed by atoms with van der Waals surface area (Å²) in [6.45, 7) is 1.01. The zero-order chi connectivity index (χ0) is 20.2. The van der Waals surface area contributed by atoms with Gasteiger partial charge in [0, 0.05) is 25.6 Å². The standard InChI is InChI=1S/C20H26N4O5/c21-19-18-13(5-1-3-7-27-17-6-2-4-8-28-17)10-24(20(18)23-12-22-19)16-9-14(26)15(11-25)29-16/h10,12,14-17,25-26H,2-4,6-9,11H2,(H2,21,22,23)/t14-,15+,16+,17?/m0/s1. The van der Waals surface area contributed by atoms with Crippen LogP contribution in [0.1, 0.15) is 43.9 Å². The molecule has 0 amide bonds. The van der Waals surface area contributed by atoms with E-state index in [0.717, 1.165) is 25.9 Å². The minimum Gasteiger partial charge on any atom is -0.394 e. The maximum atomic E-state index is 10.1. The Morgan fingerprint density at radius 3 is 3.00 bits per heavy atom. The number of rotatable bonds is 5. The van der Waals surface area contributed by atoms with Crippen molar-refractivity contribution in [2.75, 3.05) is 25.6 Å². The highest BCUT2D eigenvalue weighted by Gasteiger charge is 2.35. The topological polar surface area (TPSA) is 125 Å². The lowest BCUT2D eigenvalue weighted by atomic mass is 10.2. The second-order valence-electron chi connectivity index (χ2n) is 7.24. The molecule has 2 fully saturated rings. The molecule has 4 rings (SSSR count). The van der Waals surface area contributed by atoms with Crippen LogP contribution in [-0.4, -0.2) is 63.1 Å². The lowest BCUT2D eigenvalue weighted by molar-refractivity contribution is -0.161. The number of nitrogens with two attached hydrogens (primary N) is 1. The maximum Gasteiger partial charge on any atom is 0.157 e. The Morgan fingerprint density at radius 2 is 2.24 bits per heavy atom. The van der Waals surface area contributed by atoms with E-state index in [1.54, 1.807) is 4.57 Å². The number of anilines is 1. The van der Waals surface area contributed by atoms with Crippen LogP contribution < -0.4 is 5.73 Å². The molecule has 0 spiro atoms. The van der Waals surface area contributed by atoms with Gasteiger partial charge >= 0.3 is 0 Å². The fraction of sp³-hybridized carbons (Fsp3) is 0.600. The van der Waals surface area contributed by atoms with Crippen LogP contribution in [0, 0.1) is 11.8 Å². The van der Waals surface area contributed by atoms with Crippen LogP contribution in [0.5, 0.6) is 0 Å². The van der Waals surface area contributed by atoms with Gasteiger partial charge in [0.05, 0.1) is 30.3 Å². The molecule has 0 radical (unpaired) electrons. The predicted octanol–water partition coefficient (Wildman–Crippen LogP) is 0.939. The third kappa shape index (κ3) is 4.37. The van der Waals surface area contributed by atoms with Gasteiger partial charge in [0.2, 0.25) is 0 Å². The van der Waals surface area contributed by atoms with Gasteiger partial charge < -0.3 is 34.7 Å². The van der Waals surface area contributed by atoms with E-state index >= 15 is 0 Å². The fourth-order valence-electron chi connectivity index (χ4n) is 3.71. The highest BCUT2D eigenvalue weighted by molar-refractivity contribution is 5.92. The van der Waals surface area contributed by atoms with Crippen molar-refractivity contribution in [2.24, 2.45) is 0 Å². The average Bonchev–Trinajstić information content (AvgIpc) is 3.29. The predicted molar refractivity (Wildman–Crippen MR) is 105 cm³/mol. The first-order valence-corrected chi connectivity index (χ1v) is 9.95. The number of aliphatic hydroxyl groups excluding tert-OH is 2. The summed E-state index contributed by atoms with van der Waals surface area (Å²) in [7, 11) is 0. The minimum atomic E-state index is -0.740. The second-order valence-corrected chi connectivity index (χ2v) is 7.24. The molecule has 4 atom stereocenters. The van der Waals surface area contributed by atoms with Gasteiger partial charge in [-0.1, -0.05) is 11.8 Å². The molecule has 1 unspecified atom stereocenters. The zero-order valence-electron chi connectivity index (χ0n) is 16.2. The number of ether oxygens (including phenoxy) is 3. The molecule has 9 nitrogen and oxygen atoms in total. The van der Waals surface area contributed by atoms with E-state index < -0.39 is 18.4 Å². The third-order valence-electron chi connectivity index (χ3n) is 5.22. The van der Waals surface area contributed by atoms with Crippen LogP contribution in [0.25, 0.3) is 11.0 Å². The minimum absolute atomic E-state index is 0.123. The fourth-order valence-corrected chi connectivity index (χ4v) is 3.71. The molecular weight excluding hydrogens is 376 g/mol. The van der Waals surface area contributed by atoms with Crippen molar-refractivity contribution in [2.45, 2.75) is 56.8 Å². The largest absolute Gasteiger partial charge is 0.394 e. The summed E-state index contributed by atoms with van der Waals surface area (Å²) in [6.07, 6.45) is 5.31. The van der Waals surface area contributed by atoms with E-state index in [1.165, 1.54) is 6.33 Å². The lowest BCUT2D eigenvalue weighted by Gasteiger charge is -2.22. The van der Waals surface area contributed by atoms with Gasteiger partial charge in [-0.05, 0) is 19.3 Å². The molecule has 0 aromatic carbocycles. The molecule has 156 valence electrons. The quantitative estimate of drug-likeness (QED) is 0.498.